The zero-order valence-electron chi connectivity index (χ0n) is 13.3. The van der Waals surface area contributed by atoms with Crippen LogP contribution in [0.15, 0.2) is 59.7 Å². The summed E-state index contributed by atoms with van der Waals surface area (Å²) in [6.07, 6.45) is 0.892. The molecule has 0 aromatic heterocycles. The topological polar surface area (TPSA) is 50.7 Å². The van der Waals surface area contributed by atoms with Crippen LogP contribution < -0.4 is 10.2 Å². The van der Waals surface area contributed by atoms with Gasteiger partial charge in [-0.15, -0.1) is 0 Å². The molecule has 1 amide bonds. The molecule has 1 aliphatic rings. The first-order valence-electron chi connectivity index (χ1n) is 7.72. The molecule has 118 valence electrons. The minimum absolute atomic E-state index is 0.0129. The van der Waals surface area contributed by atoms with Crippen LogP contribution in [0.1, 0.15) is 30.4 Å². The van der Waals surface area contributed by atoms with Gasteiger partial charge in [-0.3, -0.25) is 4.79 Å². The Hall–Kier alpha value is -2.62. The van der Waals surface area contributed by atoms with Crippen molar-refractivity contribution in [3.63, 3.8) is 0 Å². The van der Waals surface area contributed by atoms with Gasteiger partial charge in [0.15, 0.2) is 0 Å². The molecule has 4 heteroatoms. The van der Waals surface area contributed by atoms with Gasteiger partial charge in [0.25, 0.3) is 0 Å². The number of nitrogens with one attached hydrogen (secondary N) is 1. The van der Waals surface area contributed by atoms with E-state index in [2.05, 4.69) is 22.7 Å². The summed E-state index contributed by atoms with van der Waals surface area (Å²) in [5, 5.41) is 4.22. The Kier molecular flexibility index (Phi) is 4.42. The molecule has 1 fully saturated rings. The fraction of sp³-hybridized carbons (Fsp3) is 0.263. The highest BCUT2D eigenvalue weighted by molar-refractivity contribution is 5.99. The largest absolute Gasteiger partial charge is 0.497 e. The van der Waals surface area contributed by atoms with Gasteiger partial charge in [-0.25, -0.2) is 5.43 Å². The predicted octanol–water partition coefficient (Wildman–Crippen LogP) is 3.34. The maximum atomic E-state index is 12.2. The number of carbonyl (C=O) groups is 1. The summed E-state index contributed by atoms with van der Waals surface area (Å²) >= 11 is 0. The summed E-state index contributed by atoms with van der Waals surface area (Å²) in [4.78, 5) is 12.2. The van der Waals surface area contributed by atoms with Gasteiger partial charge in [-0.1, -0.05) is 42.5 Å². The van der Waals surface area contributed by atoms with Gasteiger partial charge in [0.1, 0.15) is 5.75 Å². The van der Waals surface area contributed by atoms with E-state index in [-0.39, 0.29) is 11.8 Å². The van der Waals surface area contributed by atoms with Gasteiger partial charge in [0.2, 0.25) is 5.91 Å². The molecule has 2 aromatic rings. The summed E-state index contributed by atoms with van der Waals surface area (Å²) in [5.74, 6) is 1.11. The SMILES string of the molecule is COc1cccc(C(C)=NNC(=O)C2CC2c2ccccc2)c1. The molecule has 2 unspecified atom stereocenters. The van der Waals surface area contributed by atoms with Gasteiger partial charge in [0.05, 0.1) is 12.8 Å². The standard InChI is InChI=1S/C19H20N2O2/c1-13(15-9-6-10-16(11-15)23-2)20-21-19(22)18-12-17(18)14-7-4-3-5-8-14/h3-11,17-18H,12H2,1-2H3,(H,21,22). The van der Waals surface area contributed by atoms with Gasteiger partial charge in [-0.2, -0.15) is 5.10 Å². The molecule has 0 saturated heterocycles. The van der Waals surface area contributed by atoms with E-state index in [1.54, 1.807) is 7.11 Å². The molecule has 1 N–H and O–H groups in total. The van der Waals surface area contributed by atoms with Crippen LogP contribution in [0.4, 0.5) is 0 Å². The number of hydrazone groups is 1. The third-order valence-corrected chi connectivity index (χ3v) is 4.18. The van der Waals surface area contributed by atoms with E-state index >= 15 is 0 Å². The van der Waals surface area contributed by atoms with Crippen LogP contribution >= 0.6 is 0 Å². The summed E-state index contributed by atoms with van der Waals surface area (Å²) in [7, 11) is 1.63. The lowest BCUT2D eigenvalue weighted by molar-refractivity contribution is -0.122. The van der Waals surface area contributed by atoms with Crippen molar-refractivity contribution in [1.29, 1.82) is 0 Å². The quantitative estimate of drug-likeness (QED) is 0.680. The van der Waals surface area contributed by atoms with Crippen LogP contribution in [-0.4, -0.2) is 18.7 Å². The molecular formula is C19H20N2O2. The number of hydrogen-bond donors (Lipinski definition) is 1. The van der Waals surface area contributed by atoms with E-state index in [4.69, 9.17) is 4.74 Å². The Labute approximate surface area is 136 Å². The number of carbonyl (C=O) groups excluding carboxylic acids is 1. The third-order valence-electron chi connectivity index (χ3n) is 4.18. The highest BCUT2D eigenvalue weighted by Gasteiger charge is 2.43. The fourth-order valence-electron chi connectivity index (χ4n) is 2.69. The number of benzene rings is 2. The van der Waals surface area contributed by atoms with Crippen LogP contribution in [0.25, 0.3) is 0 Å². The maximum absolute atomic E-state index is 12.2. The van der Waals surface area contributed by atoms with Crippen LogP contribution in [0, 0.1) is 5.92 Å². The second kappa shape index (κ2) is 6.65. The number of amides is 1. The van der Waals surface area contributed by atoms with Crippen molar-refractivity contribution in [1.82, 2.24) is 5.43 Å². The van der Waals surface area contributed by atoms with Crippen molar-refractivity contribution in [3.8, 4) is 5.75 Å². The van der Waals surface area contributed by atoms with E-state index in [0.29, 0.717) is 5.92 Å². The lowest BCUT2D eigenvalue weighted by Crippen LogP contribution is -2.21. The second-order valence-corrected chi connectivity index (χ2v) is 5.76. The van der Waals surface area contributed by atoms with Crippen molar-refractivity contribution < 1.29 is 9.53 Å². The minimum atomic E-state index is -0.0129. The second-order valence-electron chi connectivity index (χ2n) is 5.76. The normalized spacial score (nSPS) is 20.0. The van der Waals surface area contributed by atoms with E-state index in [0.717, 1.165) is 23.4 Å². The Morgan fingerprint density at radius 1 is 1.17 bits per heavy atom. The van der Waals surface area contributed by atoms with E-state index < -0.39 is 0 Å². The molecule has 0 spiro atoms. The van der Waals surface area contributed by atoms with Crippen molar-refractivity contribution in [2.75, 3.05) is 7.11 Å². The third kappa shape index (κ3) is 3.59. The predicted molar refractivity (Wildman–Crippen MR) is 90.6 cm³/mol. The molecule has 4 nitrogen and oxygen atoms in total. The van der Waals surface area contributed by atoms with Gasteiger partial charge in [-0.05, 0) is 37.0 Å². The van der Waals surface area contributed by atoms with Crippen molar-refractivity contribution in [2.24, 2.45) is 11.0 Å². The van der Waals surface area contributed by atoms with Crippen LogP contribution in [0.3, 0.4) is 0 Å². The van der Waals surface area contributed by atoms with Gasteiger partial charge < -0.3 is 4.74 Å². The Morgan fingerprint density at radius 3 is 2.70 bits per heavy atom. The monoisotopic (exact) mass is 308 g/mol. The Morgan fingerprint density at radius 2 is 1.96 bits per heavy atom. The summed E-state index contributed by atoms with van der Waals surface area (Å²) in [5.41, 5.74) is 5.60. The van der Waals surface area contributed by atoms with E-state index in [9.17, 15) is 4.79 Å². The van der Waals surface area contributed by atoms with Crippen molar-refractivity contribution >= 4 is 11.6 Å². The van der Waals surface area contributed by atoms with Crippen LogP contribution in [0.5, 0.6) is 5.75 Å². The van der Waals surface area contributed by atoms with Crippen molar-refractivity contribution in [3.05, 3.63) is 65.7 Å². The molecule has 0 aliphatic heterocycles. The zero-order chi connectivity index (χ0) is 16.2. The van der Waals surface area contributed by atoms with Gasteiger partial charge in [0, 0.05) is 11.5 Å². The Bertz CT molecular complexity index is 725. The maximum Gasteiger partial charge on any atom is 0.243 e. The molecule has 1 aliphatic carbocycles. The zero-order valence-corrected chi connectivity index (χ0v) is 13.3. The minimum Gasteiger partial charge on any atom is -0.497 e. The molecule has 3 rings (SSSR count). The van der Waals surface area contributed by atoms with Gasteiger partial charge >= 0.3 is 0 Å². The highest BCUT2D eigenvalue weighted by atomic mass is 16.5. The number of methoxy groups -OCH3 is 1. The average Bonchev–Trinajstić information content (AvgIpc) is 3.41. The molecule has 0 bridgehead atoms. The lowest BCUT2D eigenvalue weighted by Gasteiger charge is -2.05. The lowest BCUT2D eigenvalue weighted by atomic mass is 10.1. The molecule has 0 heterocycles. The summed E-state index contributed by atoms with van der Waals surface area (Å²) < 4.78 is 5.20. The average molecular weight is 308 g/mol. The first-order valence-corrected chi connectivity index (χ1v) is 7.72. The first-order chi connectivity index (χ1) is 11.2. The first kappa shape index (κ1) is 15.3. The summed E-state index contributed by atoms with van der Waals surface area (Å²) in [6, 6.07) is 17.8. The van der Waals surface area contributed by atoms with Crippen LogP contribution in [0.2, 0.25) is 0 Å². The number of nitrogens with zero attached hydrogens (tertiary/aromatic N) is 1. The number of hydrogen-bond acceptors (Lipinski definition) is 3. The molecule has 2 atom stereocenters. The Balaban J connectivity index is 1.60. The molecule has 0 radical (unpaired) electrons. The van der Waals surface area contributed by atoms with Crippen molar-refractivity contribution in [2.45, 2.75) is 19.3 Å². The summed E-state index contributed by atoms with van der Waals surface area (Å²) in [6.45, 7) is 1.87. The highest BCUT2D eigenvalue weighted by Crippen LogP contribution is 2.47. The van der Waals surface area contributed by atoms with Crippen LogP contribution in [-0.2, 0) is 4.79 Å². The number of ether oxygens (including phenoxy) is 1. The fourth-order valence-corrected chi connectivity index (χ4v) is 2.69. The van der Waals surface area contributed by atoms with E-state index in [1.807, 2.05) is 49.4 Å². The molecular weight excluding hydrogens is 288 g/mol. The molecule has 2 aromatic carbocycles. The number of rotatable bonds is 5. The molecule has 23 heavy (non-hydrogen) atoms. The smallest absolute Gasteiger partial charge is 0.243 e. The molecule has 1 saturated carbocycles. The van der Waals surface area contributed by atoms with E-state index in [1.165, 1.54) is 5.56 Å².